The van der Waals surface area contributed by atoms with E-state index in [9.17, 15) is 29.4 Å². The van der Waals surface area contributed by atoms with E-state index < -0.39 is 29.3 Å². The lowest BCUT2D eigenvalue weighted by atomic mass is 9.96. The highest BCUT2D eigenvalue weighted by molar-refractivity contribution is 6.04. The van der Waals surface area contributed by atoms with Gasteiger partial charge in [0.05, 0.1) is 23.3 Å². The number of carbonyl (C=O) groups is 4. The summed E-state index contributed by atoms with van der Waals surface area (Å²) in [5, 5.41) is 27.9. The van der Waals surface area contributed by atoms with Gasteiger partial charge in [-0.05, 0) is 37.6 Å². The number of carboxylic acid groups (broad SMARTS) is 2. The zero-order valence-electron chi connectivity index (χ0n) is 15.8. The van der Waals surface area contributed by atoms with Crippen molar-refractivity contribution in [3.05, 3.63) is 70.3 Å². The van der Waals surface area contributed by atoms with Crippen molar-refractivity contribution in [1.29, 1.82) is 0 Å². The maximum Gasteiger partial charge on any atom is 0.339 e. The molecule has 0 aliphatic heterocycles. The second-order valence-corrected chi connectivity index (χ2v) is 6.84. The molecule has 0 saturated carbocycles. The molecule has 2 aromatic rings. The molecule has 2 rings (SSSR count). The second-order valence-electron chi connectivity index (χ2n) is 6.84. The molecule has 0 amide bonds. The Kier molecular flexibility index (Phi) is 6.50. The predicted molar refractivity (Wildman–Crippen MR) is 101 cm³/mol. The monoisotopic (exact) mass is 400 g/mol. The molecule has 8 nitrogen and oxygen atoms in total. The van der Waals surface area contributed by atoms with Gasteiger partial charge < -0.3 is 20.1 Å². The molecule has 29 heavy (non-hydrogen) atoms. The van der Waals surface area contributed by atoms with Crippen molar-refractivity contribution in [1.82, 2.24) is 0 Å². The summed E-state index contributed by atoms with van der Waals surface area (Å²) in [7, 11) is 0. The molecule has 0 aliphatic carbocycles. The fraction of sp³-hybridized carbons (Fsp3) is 0.238. The number of carbonyl (C=O) groups excluding carboxylic acids is 2. The van der Waals surface area contributed by atoms with Crippen molar-refractivity contribution in [3.8, 4) is 0 Å². The number of hydrogen-bond donors (Lipinski definition) is 3. The number of ketones is 1. The molecule has 0 atom stereocenters. The van der Waals surface area contributed by atoms with Gasteiger partial charge in [-0.2, -0.15) is 0 Å². The number of carboxylic acids is 2. The maximum absolute atomic E-state index is 12.2. The van der Waals surface area contributed by atoms with Crippen molar-refractivity contribution in [2.45, 2.75) is 25.9 Å². The number of esters is 1. The third-order valence-electron chi connectivity index (χ3n) is 4.11. The van der Waals surface area contributed by atoms with Crippen LogP contribution < -0.4 is 0 Å². The van der Waals surface area contributed by atoms with Gasteiger partial charge in [0, 0.05) is 12.0 Å². The minimum absolute atomic E-state index is 0.0754. The summed E-state index contributed by atoms with van der Waals surface area (Å²) in [6.07, 6.45) is 0.295. The van der Waals surface area contributed by atoms with Gasteiger partial charge >= 0.3 is 17.9 Å². The van der Waals surface area contributed by atoms with E-state index in [2.05, 4.69) is 0 Å². The zero-order valence-corrected chi connectivity index (χ0v) is 15.8. The summed E-state index contributed by atoms with van der Waals surface area (Å²) in [4.78, 5) is 46.5. The first-order valence-corrected chi connectivity index (χ1v) is 8.64. The van der Waals surface area contributed by atoms with E-state index >= 15 is 0 Å². The Hall–Kier alpha value is -3.52. The second kappa shape index (κ2) is 8.66. The first kappa shape index (κ1) is 21.8. The van der Waals surface area contributed by atoms with Crippen LogP contribution in [0.2, 0.25) is 0 Å². The van der Waals surface area contributed by atoms with Crippen molar-refractivity contribution in [2.75, 3.05) is 6.61 Å². The number of rotatable bonds is 8. The topological polar surface area (TPSA) is 138 Å². The average Bonchev–Trinajstić information content (AvgIpc) is 2.66. The third kappa shape index (κ3) is 5.49. The Morgan fingerprint density at radius 1 is 0.862 bits per heavy atom. The van der Waals surface area contributed by atoms with E-state index in [-0.39, 0.29) is 23.3 Å². The Balaban J connectivity index is 2.05. The molecule has 0 radical (unpaired) electrons. The number of ether oxygens (including phenoxy) is 1. The zero-order chi connectivity index (χ0) is 21.8. The van der Waals surface area contributed by atoms with Crippen LogP contribution in [0, 0.1) is 0 Å². The smallest absolute Gasteiger partial charge is 0.339 e. The fourth-order valence-electron chi connectivity index (χ4n) is 2.55. The standard InChI is InChI=1S/C21H20O8/c1-21(2,28)17(22)13-5-3-12(4-6-13)9-10-29-20(27)16-11-14(18(23)24)7-8-15(16)19(25)26/h3-8,11,28H,9-10H2,1-2H3,(H,23,24)(H,25,26). The van der Waals surface area contributed by atoms with Crippen molar-refractivity contribution >= 4 is 23.7 Å². The van der Waals surface area contributed by atoms with Crippen LogP contribution in [0.25, 0.3) is 0 Å². The summed E-state index contributed by atoms with van der Waals surface area (Å²) < 4.78 is 5.09. The quantitative estimate of drug-likeness (QED) is 0.454. The lowest BCUT2D eigenvalue weighted by molar-refractivity contribution is 0.0488. The van der Waals surface area contributed by atoms with Crippen molar-refractivity contribution in [3.63, 3.8) is 0 Å². The van der Waals surface area contributed by atoms with Crippen molar-refractivity contribution in [2.24, 2.45) is 0 Å². The molecule has 152 valence electrons. The van der Waals surface area contributed by atoms with Crippen LogP contribution in [-0.4, -0.2) is 51.2 Å². The molecule has 0 fully saturated rings. The highest BCUT2D eigenvalue weighted by Gasteiger charge is 2.25. The summed E-state index contributed by atoms with van der Waals surface area (Å²) >= 11 is 0. The fourth-order valence-corrected chi connectivity index (χ4v) is 2.55. The number of aliphatic hydroxyl groups is 1. The molecular weight excluding hydrogens is 380 g/mol. The van der Waals surface area contributed by atoms with E-state index in [4.69, 9.17) is 9.84 Å². The molecule has 3 N–H and O–H groups in total. The minimum Gasteiger partial charge on any atom is -0.478 e. The first-order chi connectivity index (χ1) is 13.5. The molecule has 0 bridgehead atoms. The van der Waals surface area contributed by atoms with Crippen LogP contribution in [0.5, 0.6) is 0 Å². The Bertz CT molecular complexity index is 952. The number of hydrogen-bond acceptors (Lipinski definition) is 6. The van der Waals surface area contributed by atoms with Gasteiger partial charge in [-0.25, -0.2) is 14.4 Å². The summed E-state index contributed by atoms with van der Waals surface area (Å²) in [6, 6.07) is 9.51. The van der Waals surface area contributed by atoms with Gasteiger partial charge in [-0.3, -0.25) is 4.79 Å². The molecule has 8 heteroatoms. The molecular formula is C21H20O8. The Labute approximate surface area is 166 Å². The molecule has 0 saturated heterocycles. The highest BCUT2D eigenvalue weighted by atomic mass is 16.5. The van der Waals surface area contributed by atoms with Crippen LogP contribution in [0.4, 0.5) is 0 Å². The third-order valence-corrected chi connectivity index (χ3v) is 4.11. The van der Waals surface area contributed by atoms with E-state index in [1.165, 1.54) is 13.8 Å². The average molecular weight is 400 g/mol. The van der Waals surface area contributed by atoms with E-state index in [1.807, 2.05) is 0 Å². The van der Waals surface area contributed by atoms with Gasteiger partial charge in [-0.1, -0.05) is 24.3 Å². The lowest BCUT2D eigenvalue weighted by Gasteiger charge is -2.15. The Morgan fingerprint density at radius 2 is 1.45 bits per heavy atom. The largest absolute Gasteiger partial charge is 0.478 e. The molecule has 0 aliphatic rings. The summed E-state index contributed by atoms with van der Waals surface area (Å²) in [5.74, 6) is -4.04. The summed E-state index contributed by atoms with van der Waals surface area (Å²) in [6.45, 7) is 2.72. The van der Waals surface area contributed by atoms with Crippen LogP contribution in [0.15, 0.2) is 42.5 Å². The van der Waals surface area contributed by atoms with Gasteiger partial charge in [0.15, 0.2) is 5.78 Å². The van der Waals surface area contributed by atoms with Gasteiger partial charge in [0.1, 0.15) is 5.60 Å². The first-order valence-electron chi connectivity index (χ1n) is 8.64. The van der Waals surface area contributed by atoms with E-state index in [0.29, 0.717) is 12.0 Å². The minimum atomic E-state index is -1.48. The van der Waals surface area contributed by atoms with Gasteiger partial charge in [0.25, 0.3) is 0 Å². The number of Topliss-reactive ketones (excluding diaryl/α,β-unsaturated/α-hetero) is 1. The highest BCUT2D eigenvalue weighted by Crippen LogP contribution is 2.16. The molecule has 0 heterocycles. The summed E-state index contributed by atoms with van der Waals surface area (Å²) in [5.41, 5.74) is -1.31. The van der Waals surface area contributed by atoms with Gasteiger partial charge in [-0.15, -0.1) is 0 Å². The van der Waals surface area contributed by atoms with E-state index in [1.54, 1.807) is 24.3 Å². The Morgan fingerprint density at radius 3 is 1.97 bits per heavy atom. The normalized spacial score (nSPS) is 11.0. The van der Waals surface area contributed by atoms with Gasteiger partial charge in [0.2, 0.25) is 0 Å². The van der Waals surface area contributed by atoms with Crippen LogP contribution in [-0.2, 0) is 11.2 Å². The molecule has 2 aromatic carbocycles. The molecule has 0 aromatic heterocycles. The predicted octanol–water partition coefficient (Wildman–Crippen LogP) is 2.44. The number of aromatic carboxylic acids is 2. The van der Waals surface area contributed by atoms with Crippen LogP contribution >= 0.6 is 0 Å². The molecule has 0 unspecified atom stereocenters. The van der Waals surface area contributed by atoms with E-state index in [0.717, 1.165) is 23.8 Å². The lowest BCUT2D eigenvalue weighted by Crippen LogP contribution is -2.31. The van der Waals surface area contributed by atoms with Crippen molar-refractivity contribution < 1.29 is 39.2 Å². The van der Waals surface area contributed by atoms with Crippen LogP contribution in [0.3, 0.4) is 0 Å². The maximum atomic E-state index is 12.2. The number of benzene rings is 2. The molecule has 0 spiro atoms. The van der Waals surface area contributed by atoms with Crippen LogP contribution in [0.1, 0.15) is 60.8 Å². The SMILES string of the molecule is CC(C)(O)C(=O)c1ccc(CCOC(=O)c2cc(C(=O)O)ccc2C(=O)O)cc1.